The van der Waals surface area contributed by atoms with E-state index in [9.17, 15) is 9.90 Å². The van der Waals surface area contributed by atoms with Gasteiger partial charge < -0.3 is 10.0 Å². The lowest BCUT2D eigenvalue weighted by molar-refractivity contribution is -0.125. The van der Waals surface area contributed by atoms with Crippen molar-refractivity contribution >= 4 is 23.2 Å². The van der Waals surface area contributed by atoms with Crippen LogP contribution >= 0.6 is 11.8 Å². The number of hydrogen-bond acceptors (Lipinski definition) is 3. The number of aromatic hydroxyl groups is 1. The number of benzene rings is 1. The molecule has 0 bridgehead atoms. The van der Waals surface area contributed by atoms with Crippen LogP contribution in [-0.4, -0.2) is 35.3 Å². The number of carbonyl (C=O) groups excluding carboxylic acids is 1. The molecule has 26 heavy (non-hydrogen) atoms. The Hall–Kier alpha value is -1.42. The standard InChI is InChI=1S/C22H33NO2S/c1-9-15(19-20(25)23(8)10-11-26-19)14-12-16(21(2,3)4)18(24)17(13-14)22(5,6)7/h12-13,24H,9-11H2,1-8H3. The molecule has 1 aromatic carbocycles. The van der Waals surface area contributed by atoms with E-state index in [2.05, 4.69) is 60.6 Å². The minimum Gasteiger partial charge on any atom is -0.507 e. The maximum Gasteiger partial charge on any atom is 0.260 e. The third kappa shape index (κ3) is 4.11. The summed E-state index contributed by atoms with van der Waals surface area (Å²) in [5.74, 6) is 1.42. The Kier molecular flexibility index (Phi) is 5.86. The first kappa shape index (κ1) is 20.9. The molecule has 2 rings (SSSR count). The van der Waals surface area contributed by atoms with Gasteiger partial charge in [-0.25, -0.2) is 0 Å². The number of phenolic OH excluding ortho intramolecular Hbond substituents is 1. The minimum atomic E-state index is -0.176. The van der Waals surface area contributed by atoms with Crippen LogP contribution in [-0.2, 0) is 15.6 Å². The van der Waals surface area contributed by atoms with E-state index < -0.39 is 0 Å². The van der Waals surface area contributed by atoms with E-state index in [0.29, 0.717) is 5.75 Å². The van der Waals surface area contributed by atoms with Gasteiger partial charge in [-0.15, -0.1) is 11.8 Å². The van der Waals surface area contributed by atoms with E-state index in [1.165, 1.54) is 0 Å². The number of phenols is 1. The van der Waals surface area contributed by atoms with Gasteiger partial charge in [0.2, 0.25) is 0 Å². The Balaban J connectivity index is 2.77. The van der Waals surface area contributed by atoms with Crippen molar-refractivity contribution in [2.75, 3.05) is 19.3 Å². The zero-order valence-corrected chi connectivity index (χ0v) is 18.3. The van der Waals surface area contributed by atoms with Crippen molar-refractivity contribution in [1.82, 2.24) is 4.90 Å². The zero-order valence-electron chi connectivity index (χ0n) is 17.5. The molecule has 4 heteroatoms. The number of rotatable bonds is 2. The summed E-state index contributed by atoms with van der Waals surface area (Å²) in [7, 11) is 1.87. The second-order valence-corrected chi connectivity index (χ2v) is 10.3. The fourth-order valence-electron chi connectivity index (χ4n) is 3.29. The average molecular weight is 376 g/mol. The molecule has 144 valence electrons. The summed E-state index contributed by atoms with van der Waals surface area (Å²) in [5.41, 5.74) is 3.67. The predicted molar refractivity (Wildman–Crippen MR) is 113 cm³/mol. The number of carbonyl (C=O) groups is 1. The van der Waals surface area contributed by atoms with Crippen LogP contribution in [0.2, 0.25) is 0 Å². The lowest BCUT2D eigenvalue weighted by atomic mass is 9.77. The monoisotopic (exact) mass is 375 g/mol. The Bertz CT molecular complexity index is 700. The molecule has 0 radical (unpaired) electrons. The smallest absolute Gasteiger partial charge is 0.260 e. The average Bonchev–Trinajstić information content (AvgIpc) is 2.51. The van der Waals surface area contributed by atoms with Gasteiger partial charge in [-0.1, -0.05) is 48.5 Å². The third-order valence-corrected chi connectivity index (χ3v) is 6.01. The number of thioether (sulfide) groups is 1. The molecule has 0 unspecified atom stereocenters. The molecule has 1 fully saturated rings. The molecule has 0 atom stereocenters. The number of allylic oxidation sites excluding steroid dienone is 1. The lowest BCUT2D eigenvalue weighted by Crippen LogP contribution is -2.34. The Morgan fingerprint density at radius 2 is 1.62 bits per heavy atom. The van der Waals surface area contributed by atoms with Gasteiger partial charge >= 0.3 is 0 Å². The number of nitrogens with zero attached hydrogens (tertiary/aromatic N) is 1. The van der Waals surface area contributed by atoms with Crippen molar-refractivity contribution in [3.05, 3.63) is 33.7 Å². The lowest BCUT2D eigenvalue weighted by Gasteiger charge is -2.30. The van der Waals surface area contributed by atoms with Gasteiger partial charge in [0.05, 0.1) is 4.91 Å². The van der Waals surface area contributed by atoms with Crippen LogP contribution in [0.15, 0.2) is 17.0 Å². The van der Waals surface area contributed by atoms with Crippen molar-refractivity contribution in [3.8, 4) is 5.75 Å². The summed E-state index contributed by atoms with van der Waals surface area (Å²) in [6, 6.07) is 4.16. The molecule has 1 saturated heterocycles. The summed E-state index contributed by atoms with van der Waals surface area (Å²) in [4.78, 5) is 15.4. The number of amides is 1. The van der Waals surface area contributed by atoms with Crippen LogP contribution in [0.3, 0.4) is 0 Å². The van der Waals surface area contributed by atoms with Crippen molar-refractivity contribution < 1.29 is 9.90 Å². The highest BCUT2D eigenvalue weighted by Gasteiger charge is 2.29. The van der Waals surface area contributed by atoms with Gasteiger partial charge in [0.1, 0.15) is 5.75 Å². The molecule has 0 saturated carbocycles. The van der Waals surface area contributed by atoms with Crippen LogP contribution in [0.4, 0.5) is 0 Å². The third-order valence-electron chi connectivity index (χ3n) is 4.92. The normalized spacial score (nSPS) is 18.3. The van der Waals surface area contributed by atoms with Crippen LogP contribution < -0.4 is 0 Å². The summed E-state index contributed by atoms with van der Waals surface area (Å²) >= 11 is 1.66. The predicted octanol–water partition coefficient (Wildman–Crippen LogP) is 5.31. The molecule has 1 amide bonds. The molecular weight excluding hydrogens is 342 g/mol. The van der Waals surface area contributed by atoms with E-state index in [-0.39, 0.29) is 16.7 Å². The molecule has 0 aliphatic carbocycles. The first-order valence-corrected chi connectivity index (χ1v) is 10.4. The van der Waals surface area contributed by atoms with E-state index in [1.807, 2.05) is 7.05 Å². The van der Waals surface area contributed by atoms with Crippen LogP contribution in [0.5, 0.6) is 5.75 Å². The quantitative estimate of drug-likeness (QED) is 0.712. The molecule has 1 N–H and O–H groups in total. The van der Waals surface area contributed by atoms with Crippen LogP contribution in [0, 0.1) is 0 Å². The summed E-state index contributed by atoms with van der Waals surface area (Å²) < 4.78 is 0. The van der Waals surface area contributed by atoms with Crippen LogP contribution in [0.25, 0.3) is 5.57 Å². The molecule has 0 aromatic heterocycles. The Morgan fingerprint density at radius 1 is 1.12 bits per heavy atom. The van der Waals surface area contributed by atoms with Crippen molar-refractivity contribution in [3.63, 3.8) is 0 Å². The van der Waals surface area contributed by atoms with E-state index >= 15 is 0 Å². The molecule has 1 aromatic rings. The van der Waals surface area contributed by atoms with Crippen LogP contribution in [0.1, 0.15) is 71.6 Å². The SMILES string of the molecule is CCC(=C1SCCN(C)C1=O)c1cc(C(C)(C)C)c(O)c(C(C)(C)C)c1. The second kappa shape index (κ2) is 7.30. The van der Waals surface area contributed by atoms with Gasteiger partial charge in [-0.05, 0) is 40.5 Å². The second-order valence-electron chi connectivity index (χ2n) is 9.16. The van der Waals surface area contributed by atoms with Crippen molar-refractivity contribution in [2.24, 2.45) is 0 Å². The first-order valence-electron chi connectivity index (χ1n) is 9.37. The molecular formula is C22H33NO2S. The largest absolute Gasteiger partial charge is 0.507 e. The zero-order chi connectivity index (χ0) is 19.9. The van der Waals surface area contributed by atoms with Crippen molar-refractivity contribution in [2.45, 2.75) is 65.7 Å². The number of likely N-dealkylation sites (N-methyl/N-ethyl adjacent to an activating group) is 1. The maximum atomic E-state index is 12.7. The topological polar surface area (TPSA) is 40.5 Å². The highest BCUT2D eigenvalue weighted by Crippen LogP contribution is 2.43. The summed E-state index contributed by atoms with van der Waals surface area (Å²) in [5, 5.41) is 10.9. The fourth-order valence-corrected chi connectivity index (χ4v) is 4.57. The van der Waals surface area contributed by atoms with Gasteiger partial charge in [0.15, 0.2) is 0 Å². The van der Waals surface area contributed by atoms with E-state index in [4.69, 9.17) is 0 Å². The Labute approximate surface area is 162 Å². The number of hydrogen-bond donors (Lipinski definition) is 1. The first-order chi connectivity index (χ1) is 11.9. The van der Waals surface area contributed by atoms with E-state index in [0.717, 1.165) is 45.9 Å². The fraction of sp³-hybridized carbons (Fsp3) is 0.591. The molecule has 1 heterocycles. The van der Waals surface area contributed by atoms with Gasteiger partial charge in [-0.2, -0.15) is 0 Å². The van der Waals surface area contributed by atoms with Gasteiger partial charge in [0, 0.05) is 30.5 Å². The molecule has 1 aliphatic heterocycles. The maximum absolute atomic E-state index is 12.7. The van der Waals surface area contributed by atoms with Crippen molar-refractivity contribution in [1.29, 1.82) is 0 Å². The summed E-state index contributed by atoms with van der Waals surface area (Å²) in [6.45, 7) is 15.6. The highest BCUT2D eigenvalue weighted by atomic mass is 32.2. The minimum absolute atomic E-state index is 0.112. The van der Waals surface area contributed by atoms with Gasteiger partial charge in [-0.3, -0.25) is 4.79 Å². The molecule has 3 nitrogen and oxygen atoms in total. The molecule has 1 aliphatic rings. The van der Waals surface area contributed by atoms with E-state index in [1.54, 1.807) is 16.7 Å². The molecule has 0 spiro atoms. The Morgan fingerprint density at radius 3 is 2.04 bits per heavy atom. The summed E-state index contributed by atoms with van der Waals surface area (Å²) in [6.07, 6.45) is 0.792. The highest BCUT2D eigenvalue weighted by molar-refractivity contribution is 8.04. The van der Waals surface area contributed by atoms with Gasteiger partial charge in [0.25, 0.3) is 5.91 Å².